The first kappa shape index (κ1) is 10.8. The highest BCUT2D eigenvalue weighted by molar-refractivity contribution is 5.77. The van der Waals surface area contributed by atoms with Gasteiger partial charge < -0.3 is 10.3 Å². The fraction of sp³-hybridized carbons (Fsp3) is 0.250. The fourth-order valence-corrected chi connectivity index (χ4v) is 1.99. The number of H-pyrrole nitrogens is 1. The highest BCUT2D eigenvalue weighted by Gasteiger charge is 2.11. The molecule has 2 N–H and O–H groups in total. The molecule has 0 saturated carbocycles. The van der Waals surface area contributed by atoms with Crippen molar-refractivity contribution >= 4 is 17.0 Å². The van der Waals surface area contributed by atoms with Crippen LogP contribution in [0.1, 0.15) is 5.69 Å². The van der Waals surface area contributed by atoms with Crippen LogP contribution in [0.15, 0.2) is 18.3 Å². The van der Waals surface area contributed by atoms with Gasteiger partial charge in [0.2, 0.25) is 0 Å². The molecule has 0 aromatic carbocycles. The van der Waals surface area contributed by atoms with Crippen LogP contribution >= 0.6 is 0 Å². The normalized spacial score (nSPS) is 11.1. The number of aryl methyl sites for hydroxylation is 2. The van der Waals surface area contributed by atoms with E-state index in [0.717, 1.165) is 28.4 Å². The predicted octanol–water partition coefficient (Wildman–Crippen LogP) is 1.71. The Morgan fingerprint density at radius 3 is 2.78 bits per heavy atom. The second-order valence-corrected chi connectivity index (χ2v) is 4.20. The van der Waals surface area contributed by atoms with Crippen molar-refractivity contribution in [3.05, 3.63) is 24.0 Å². The number of nitrogens with one attached hydrogen (secondary N) is 2. The molecule has 0 fully saturated rings. The Kier molecular flexibility index (Phi) is 2.29. The first-order valence-electron chi connectivity index (χ1n) is 5.72. The molecule has 0 saturated heterocycles. The maximum atomic E-state index is 4.51. The number of aromatic amines is 1. The number of aromatic nitrogens is 5. The van der Waals surface area contributed by atoms with Gasteiger partial charge in [0.05, 0.1) is 16.8 Å². The quantitative estimate of drug-likeness (QED) is 0.717. The van der Waals surface area contributed by atoms with Gasteiger partial charge in [0.25, 0.3) is 0 Å². The second kappa shape index (κ2) is 3.83. The van der Waals surface area contributed by atoms with Crippen molar-refractivity contribution in [3.8, 4) is 11.4 Å². The summed E-state index contributed by atoms with van der Waals surface area (Å²) in [4.78, 5) is 12.2. The SMILES string of the molecule is CNc1ccc2[nH]c(-c3cn(C)nc3C)nc2n1. The Morgan fingerprint density at radius 2 is 2.11 bits per heavy atom. The van der Waals surface area contributed by atoms with E-state index in [9.17, 15) is 0 Å². The lowest BCUT2D eigenvalue weighted by atomic mass is 10.2. The summed E-state index contributed by atoms with van der Waals surface area (Å²) in [7, 11) is 3.74. The highest BCUT2D eigenvalue weighted by atomic mass is 15.3. The molecule has 0 aliphatic carbocycles. The summed E-state index contributed by atoms with van der Waals surface area (Å²) in [6, 6.07) is 3.89. The summed E-state index contributed by atoms with van der Waals surface area (Å²) in [6.45, 7) is 1.97. The molecule has 3 heterocycles. The van der Waals surface area contributed by atoms with E-state index < -0.39 is 0 Å². The molecule has 3 aromatic heterocycles. The van der Waals surface area contributed by atoms with Gasteiger partial charge in [-0.05, 0) is 19.1 Å². The molecule has 3 aromatic rings. The van der Waals surface area contributed by atoms with Gasteiger partial charge in [-0.2, -0.15) is 5.10 Å². The van der Waals surface area contributed by atoms with Crippen LogP contribution in [0, 0.1) is 6.92 Å². The zero-order valence-electron chi connectivity index (χ0n) is 10.5. The lowest BCUT2D eigenvalue weighted by Crippen LogP contribution is -1.91. The molecule has 0 aliphatic rings. The van der Waals surface area contributed by atoms with Crippen molar-refractivity contribution in [1.82, 2.24) is 24.7 Å². The number of anilines is 1. The van der Waals surface area contributed by atoms with Gasteiger partial charge in [0, 0.05) is 20.3 Å². The van der Waals surface area contributed by atoms with Crippen LogP contribution in [0.4, 0.5) is 5.82 Å². The molecule has 0 atom stereocenters. The van der Waals surface area contributed by atoms with Crippen LogP contribution < -0.4 is 5.32 Å². The average Bonchev–Trinajstić information content (AvgIpc) is 2.90. The van der Waals surface area contributed by atoms with Gasteiger partial charge in [0.1, 0.15) is 11.6 Å². The molecular formula is C12H14N6. The van der Waals surface area contributed by atoms with E-state index in [1.807, 2.05) is 39.3 Å². The summed E-state index contributed by atoms with van der Waals surface area (Å²) >= 11 is 0. The van der Waals surface area contributed by atoms with Crippen molar-refractivity contribution in [2.75, 3.05) is 12.4 Å². The Bertz CT molecular complexity index is 709. The van der Waals surface area contributed by atoms with E-state index in [2.05, 4.69) is 25.4 Å². The topological polar surface area (TPSA) is 71.4 Å². The lowest BCUT2D eigenvalue weighted by Gasteiger charge is -1.95. The van der Waals surface area contributed by atoms with E-state index in [1.165, 1.54) is 0 Å². The number of hydrogen-bond donors (Lipinski definition) is 2. The molecule has 6 nitrogen and oxygen atoms in total. The molecule has 0 spiro atoms. The Hall–Kier alpha value is -2.37. The smallest absolute Gasteiger partial charge is 0.180 e. The molecule has 0 radical (unpaired) electrons. The van der Waals surface area contributed by atoms with Crippen molar-refractivity contribution in [2.24, 2.45) is 7.05 Å². The third-order valence-electron chi connectivity index (χ3n) is 2.87. The third-order valence-corrected chi connectivity index (χ3v) is 2.87. The summed E-state index contributed by atoms with van der Waals surface area (Å²) in [5.41, 5.74) is 3.58. The molecule has 6 heteroatoms. The standard InChI is InChI=1S/C12H14N6/c1-7-8(6-18(3)17-7)11-14-9-4-5-10(13-2)15-12(9)16-11/h4-6H,1-3H3,(H2,13,14,15,16). The van der Waals surface area contributed by atoms with E-state index in [4.69, 9.17) is 0 Å². The maximum Gasteiger partial charge on any atom is 0.180 e. The van der Waals surface area contributed by atoms with Crippen LogP contribution in [-0.2, 0) is 7.05 Å². The number of rotatable bonds is 2. The Morgan fingerprint density at radius 1 is 1.28 bits per heavy atom. The lowest BCUT2D eigenvalue weighted by molar-refractivity contribution is 0.756. The van der Waals surface area contributed by atoms with Gasteiger partial charge in [-0.15, -0.1) is 0 Å². The van der Waals surface area contributed by atoms with E-state index in [1.54, 1.807) is 4.68 Å². The van der Waals surface area contributed by atoms with Crippen molar-refractivity contribution < 1.29 is 0 Å². The Labute approximate surface area is 104 Å². The molecule has 0 unspecified atom stereocenters. The zero-order chi connectivity index (χ0) is 12.7. The van der Waals surface area contributed by atoms with Gasteiger partial charge in [-0.3, -0.25) is 4.68 Å². The minimum absolute atomic E-state index is 0.708. The third kappa shape index (κ3) is 1.62. The predicted molar refractivity (Wildman–Crippen MR) is 70.4 cm³/mol. The zero-order valence-corrected chi connectivity index (χ0v) is 10.5. The highest BCUT2D eigenvalue weighted by Crippen LogP contribution is 2.22. The number of imidazole rings is 1. The molecular weight excluding hydrogens is 228 g/mol. The minimum Gasteiger partial charge on any atom is -0.373 e. The molecule has 3 rings (SSSR count). The fourth-order valence-electron chi connectivity index (χ4n) is 1.99. The van der Waals surface area contributed by atoms with Crippen LogP contribution in [0.25, 0.3) is 22.6 Å². The molecule has 0 amide bonds. The molecule has 0 bridgehead atoms. The largest absolute Gasteiger partial charge is 0.373 e. The molecule has 92 valence electrons. The number of nitrogens with zero attached hydrogens (tertiary/aromatic N) is 4. The summed E-state index contributed by atoms with van der Waals surface area (Å²) in [5.74, 6) is 1.61. The summed E-state index contributed by atoms with van der Waals surface area (Å²) in [6.07, 6.45) is 1.95. The van der Waals surface area contributed by atoms with Gasteiger partial charge in [0.15, 0.2) is 5.65 Å². The second-order valence-electron chi connectivity index (χ2n) is 4.20. The van der Waals surface area contributed by atoms with Crippen LogP contribution in [0.3, 0.4) is 0 Å². The number of fused-ring (bicyclic) bond motifs is 1. The minimum atomic E-state index is 0.708. The van der Waals surface area contributed by atoms with E-state index in [-0.39, 0.29) is 0 Å². The van der Waals surface area contributed by atoms with Crippen molar-refractivity contribution in [1.29, 1.82) is 0 Å². The number of pyridine rings is 1. The van der Waals surface area contributed by atoms with E-state index in [0.29, 0.717) is 5.65 Å². The van der Waals surface area contributed by atoms with Crippen LogP contribution in [0.5, 0.6) is 0 Å². The average molecular weight is 242 g/mol. The summed E-state index contributed by atoms with van der Waals surface area (Å²) in [5, 5.41) is 7.32. The van der Waals surface area contributed by atoms with Crippen LogP contribution in [0.2, 0.25) is 0 Å². The summed E-state index contributed by atoms with van der Waals surface area (Å²) < 4.78 is 1.78. The number of hydrogen-bond acceptors (Lipinski definition) is 4. The van der Waals surface area contributed by atoms with Crippen molar-refractivity contribution in [2.45, 2.75) is 6.92 Å². The maximum absolute atomic E-state index is 4.51. The van der Waals surface area contributed by atoms with Crippen molar-refractivity contribution in [3.63, 3.8) is 0 Å². The molecule has 18 heavy (non-hydrogen) atoms. The van der Waals surface area contributed by atoms with Crippen LogP contribution in [-0.4, -0.2) is 31.8 Å². The van der Waals surface area contributed by atoms with Gasteiger partial charge in [-0.1, -0.05) is 0 Å². The van der Waals surface area contributed by atoms with Gasteiger partial charge >= 0.3 is 0 Å². The molecule has 0 aliphatic heterocycles. The monoisotopic (exact) mass is 242 g/mol. The first-order valence-corrected chi connectivity index (χ1v) is 5.72. The first-order chi connectivity index (χ1) is 8.67. The Balaban J connectivity index is 2.16. The van der Waals surface area contributed by atoms with E-state index >= 15 is 0 Å². The van der Waals surface area contributed by atoms with Gasteiger partial charge in [-0.25, -0.2) is 9.97 Å².